The smallest absolute Gasteiger partial charge is 0.338 e. The number of ether oxygens (including phenoxy) is 1. The second-order valence-corrected chi connectivity index (χ2v) is 5.44. The first-order chi connectivity index (χ1) is 11.5. The number of aryl methyl sites for hydroxylation is 1. The van der Waals surface area contributed by atoms with Crippen LogP contribution in [-0.2, 0) is 4.74 Å². The SMILES string of the molecule is CCOC(=O)c1ccc(-n2c(C#N)cc3cc(O)c(C)cc32)cc1. The van der Waals surface area contributed by atoms with Crippen LogP contribution in [0.15, 0.2) is 42.5 Å². The lowest BCUT2D eigenvalue weighted by molar-refractivity contribution is 0.0526. The molecular weight excluding hydrogens is 304 g/mol. The summed E-state index contributed by atoms with van der Waals surface area (Å²) in [6, 6.07) is 14.3. The Morgan fingerprint density at radius 1 is 1.25 bits per heavy atom. The molecule has 0 aliphatic rings. The molecule has 3 rings (SSSR count). The summed E-state index contributed by atoms with van der Waals surface area (Å²) >= 11 is 0. The predicted molar refractivity (Wildman–Crippen MR) is 90.3 cm³/mol. The Balaban J connectivity index is 2.13. The number of phenols is 1. The molecule has 0 saturated heterocycles. The second kappa shape index (κ2) is 6.09. The lowest BCUT2D eigenvalue weighted by Crippen LogP contribution is -2.05. The highest BCUT2D eigenvalue weighted by Gasteiger charge is 2.13. The predicted octanol–water partition coefficient (Wildman–Crippen LogP) is 3.69. The molecule has 0 aliphatic heterocycles. The zero-order valence-electron chi connectivity index (χ0n) is 13.4. The number of esters is 1. The van der Waals surface area contributed by atoms with Crippen LogP contribution in [-0.4, -0.2) is 22.2 Å². The molecule has 0 radical (unpaired) electrons. The van der Waals surface area contributed by atoms with E-state index in [1.165, 1.54) is 0 Å². The normalized spacial score (nSPS) is 10.5. The van der Waals surface area contributed by atoms with E-state index in [2.05, 4.69) is 6.07 Å². The van der Waals surface area contributed by atoms with E-state index in [4.69, 9.17) is 4.74 Å². The van der Waals surface area contributed by atoms with E-state index in [1.54, 1.807) is 47.9 Å². The summed E-state index contributed by atoms with van der Waals surface area (Å²) in [4.78, 5) is 11.8. The van der Waals surface area contributed by atoms with E-state index in [-0.39, 0.29) is 11.7 Å². The molecule has 0 bridgehead atoms. The van der Waals surface area contributed by atoms with E-state index >= 15 is 0 Å². The van der Waals surface area contributed by atoms with Gasteiger partial charge in [-0.3, -0.25) is 0 Å². The Hall–Kier alpha value is -3.26. The number of hydrogen-bond acceptors (Lipinski definition) is 4. The molecule has 120 valence electrons. The highest BCUT2D eigenvalue weighted by atomic mass is 16.5. The van der Waals surface area contributed by atoms with Crippen LogP contribution in [0.25, 0.3) is 16.6 Å². The van der Waals surface area contributed by atoms with Crippen LogP contribution < -0.4 is 0 Å². The molecule has 5 nitrogen and oxygen atoms in total. The Labute approximate surface area is 139 Å². The van der Waals surface area contributed by atoms with Gasteiger partial charge in [-0.1, -0.05) is 0 Å². The molecular formula is C19H16N2O3. The number of carbonyl (C=O) groups excluding carboxylic acids is 1. The quantitative estimate of drug-likeness (QED) is 0.747. The van der Waals surface area contributed by atoms with Gasteiger partial charge < -0.3 is 14.4 Å². The third-order valence-electron chi connectivity index (χ3n) is 3.87. The first kappa shape index (κ1) is 15.6. The van der Waals surface area contributed by atoms with E-state index in [0.717, 1.165) is 22.2 Å². The van der Waals surface area contributed by atoms with Crippen molar-refractivity contribution >= 4 is 16.9 Å². The van der Waals surface area contributed by atoms with E-state index in [9.17, 15) is 15.2 Å². The molecule has 1 heterocycles. The molecule has 3 aromatic rings. The second-order valence-electron chi connectivity index (χ2n) is 5.44. The first-order valence-electron chi connectivity index (χ1n) is 7.58. The van der Waals surface area contributed by atoms with Gasteiger partial charge in [0.25, 0.3) is 0 Å². The van der Waals surface area contributed by atoms with Gasteiger partial charge in [0.05, 0.1) is 17.7 Å². The Morgan fingerprint density at radius 3 is 2.58 bits per heavy atom. The van der Waals surface area contributed by atoms with Crippen molar-refractivity contribution in [3.8, 4) is 17.5 Å². The van der Waals surface area contributed by atoms with Crippen molar-refractivity contribution < 1.29 is 14.6 Å². The molecule has 1 N–H and O–H groups in total. The molecule has 0 aliphatic carbocycles. The van der Waals surface area contributed by atoms with Crippen LogP contribution in [0.3, 0.4) is 0 Å². The summed E-state index contributed by atoms with van der Waals surface area (Å²) in [5.41, 5.74) is 3.24. The Bertz CT molecular complexity index is 963. The van der Waals surface area contributed by atoms with Crippen LogP contribution >= 0.6 is 0 Å². The Morgan fingerprint density at radius 2 is 1.96 bits per heavy atom. The van der Waals surface area contributed by atoms with Crippen LogP contribution in [0.2, 0.25) is 0 Å². The summed E-state index contributed by atoms with van der Waals surface area (Å²) < 4.78 is 6.78. The molecule has 2 aromatic carbocycles. The van der Waals surface area contributed by atoms with Gasteiger partial charge in [0, 0.05) is 11.1 Å². The highest BCUT2D eigenvalue weighted by molar-refractivity contribution is 5.90. The fraction of sp³-hybridized carbons (Fsp3) is 0.158. The number of rotatable bonds is 3. The number of hydrogen-bond donors (Lipinski definition) is 1. The average molecular weight is 320 g/mol. The number of aromatic nitrogens is 1. The monoisotopic (exact) mass is 320 g/mol. The fourth-order valence-corrected chi connectivity index (χ4v) is 2.67. The van der Waals surface area contributed by atoms with Gasteiger partial charge in [0.1, 0.15) is 17.5 Å². The maximum atomic E-state index is 11.8. The molecule has 0 unspecified atom stereocenters. The fourth-order valence-electron chi connectivity index (χ4n) is 2.67. The summed E-state index contributed by atoms with van der Waals surface area (Å²) in [7, 11) is 0. The van der Waals surface area contributed by atoms with Gasteiger partial charge in [-0.15, -0.1) is 0 Å². The maximum absolute atomic E-state index is 11.8. The van der Waals surface area contributed by atoms with E-state index < -0.39 is 0 Å². The molecule has 0 spiro atoms. The van der Waals surface area contributed by atoms with E-state index in [1.807, 2.05) is 13.0 Å². The van der Waals surface area contributed by atoms with Crippen molar-refractivity contribution in [2.75, 3.05) is 6.61 Å². The van der Waals surface area contributed by atoms with Gasteiger partial charge >= 0.3 is 5.97 Å². The van der Waals surface area contributed by atoms with Crippen molar-refractivity contribution in [1.82, 2.24) is 4.57 Å². The number of nitriles is 1. The van der Waals surface area contributed by atoms with Crippen molar-refractivity contribution in [3.63, 3.8) is 0 Å². The molecule has 24 heavy (non-hydrogen) atoms. The summed E-state index contributed by atoms with van der Waals surface area (Å²) in [5, 5.41) is 20.1. The van der Waals surface area contributed by atoms with Gasteiger partial charge in [0.2, 0.25) is 0 Å². The van der Waals surface area contributed by atoms with Crippen LogP contribution in [0.4, 0.5) is 0 Å². The number of phenolic OH excluding ortho intramolecular Hbond substituents is 1. The first-order valence-corrected chi connectivity index (χ1v) is 7.58. The average Bonchev–Trinajstić information content (AvgIpc) is 2.93. The van der Waals surface area contributed by atoms with E-state index in [0.29, 0.717) is 17.9 Å². The number of nitrogens with zero attached hydrogens (tertiary/aromatic N) is 2. The largest absolute Gasteiger partial charge is 0.508 e. The van der Waals surface area contributed by atoms with Crippen LogP contribution in [0, 0.1) is 18.3 Å². The highest BCUT2D eigenvalue weighted by Crippen LogP contribution is 2.29. The van der Waals surface area contributed by atoms with Crippen LogP contribution in [0.5, 0.6) is 5.75 Å². The minimum atomic E-state index is -0.373. The minimum Gasteiger partial charge on any atom is -0.508 e. The van der Waals surface area contributed by atoms with Gasteiger partial charge in [-0.05, 0) is 61.9 Å². The van der Waals surface area contributed by atoms with Gasteiger partial charge in [-0.25, -0.2) is 4.79 Å². The summed E-state index contributed by atoms with van der Waals surface area (Å²) in [5.74, 6) is -0.176. The molecule has 0 atom stereocenters. The number of benzene rings is 2. The van der Waals surface area contributed by atoms with Crippen molar-refractivity contribution in [2.45, 2.75) is 13.8 Å². The minimum absolute atomic E-state index is 0.196. The molecule has 5 heteroatoms. The molecule has 0 fully saturated rings. The zero-order valence-corrected chi connectivity index (χ0v) is 13.4. The topological polar surface area (TPSA) is 75.2 Å². The Kier molecular flexibility index (Phi) is 3.97. The number of aromatic hydroxyl groups is 1. The third-order valence-corrected chi connectivity index (χ3v) is 3.87. The molecule has 1 aromatic heterocycles. The maximum Gasteiger partial charge on any atom is 0.338 e. The lowest BCUT2D eigenvalue weighted by atomic mass is 10.1. The van der Waals surface area contributed by atoms with Crippen molar-refractivity contribution in [1.29, 1.82) is 5.26 Å². The van der Waals surface area contributed by atoms with Crippen LogP contribution in [0.1, 0.15) is 28.5 Å². The molecule has 0 saturated carbocycles. The number of carbonyl (C=O) groups is 1. The number of fused-ring (bicyclic) bond motifs is 1. The zero-order chi connectivity index (χ0) is 17.3. The molecule has 0 amide bonds. The van der Waals surface area contributed by atoms with Gasteiger partial charge in [0.15, 0.2) is 0 Å². The van der Waals surface area contributed by atoms with Crippen molar-refractivity contribution in [2.24, 2.45) is 0 Å². The summed E-state index contributed by atoms with van der Waals surface area (Å²) in [6.07, 6.45) is 0. The van der Waals surface area contributed by atoms with Gasteiger partial charge in [-0.2, -0.15) is 5.26 Å². The third kappa shape index (κ3) is 2.59. The van der Waals surface area contributed by atoms with Crippen molar-refractivity contribution in [3.05, 3.63) is 59.3 Å². The summed E-state index contributed by atoms with van der Waals surface area (Å²) in [6.45, 7) is 3.89. The lowest BCUT2D eigenvalue weighted by Gasteiger charge is -2.09. The standard InChI is InChI=1S/C19H16N2O3/c1-3-24-19(23)13-4-6-15(7-5-13)21-16(11-20)9-14-10-18(22)12(2)8-17(14)21/h4-10,22H,3H2,1-2H3.